The molecule has 0 spiro atoms. The lowest BCUT2D eigenvalue weighted by atomic mass is 10.0. The number of nitrogens with one attached hydrogen (secondary N) is 2. The Morgan fingerprint density at radius 3 is 2.44 bits per heavy atom. The van der Waals surface area contributed by atoms with Gasteiger partial charge in [-0.3, -0.25) is 9.59 Å². The lowest BCUT2D eigenvalue weighted by Crippen LogP contribution is -2.47. The standard InChI is InChI=1S/C15H17F3N2O4S/c1-23-14(6-7-25-9-14)8-19-12(21)13(22)20-10-2-4-11(5-3-10)24-15(16,17)18/h2-5H,6-9H2,1H3,(H,19,21)(H,20,22)/t14-/m1/s1. The maximum absolute atomic E-state index is 12.1. The van der Waals surface area contributed by atoms with Crippen LogP contribution >= 0.6 is 11.8 Å². The first-order valence-electron chi connectivity index (χ1n) is 7.31. The summed E-state index contributed by atoms with van der Waals surface area (Å²) in [6.07, 6.45) is -4.02. The van der Waals surface area contributed by atoms with Gasteiger partial charge in [0.1, 0.15) is 5.75 Å². The Morgan fingerprint density at radius 1 is 1.24 bits per heavy atom. The number of anilines is 1. The van der Waals surface area contributed by atoms with Gasteiger partial charge in [0.05, 0.1) is 5.60 Å². The molecule has 1 atom stereocenters. The van der Waals surface area contributed by atoms with Gasteiger partial charge in [-0.05, 0) is 36.4 Å². The van der Waals surface area contributed by atoms with Gasteiger partial charge in [-0.25, -0.2) is 0 Å². The summed E-state index contributed by atoms with van der Waals surface area (Å²) in [4.78, 5) is 23.7. The summed E-state index contributed by atoms with van der Waals surface area (Å²) in [6, 6.07) is 4.49. The van der Waals surface area contributed by atoms with E-state index in [1.165, 1.54) is 12.1 Å². The minimum Gasteiger partial charge on any atom is -0.406 e. The van der Waals surface area contributed by atoms with Gasteiger partial charge in [-0.15, -0.1) is 13.2 Å². The molecule has 1 aromatic carbocycles. The van der Waals surface area contributed by atoms with Gasteiger partial charge in [-0.1, -0.05) is 0 Å². The number of ether oxygens (including phenoxy) is 2. The summed E-state index contributed by atoms with van der Waals surface area (Å²) in [6.45, 7) is 0.209. The number of halogens is 3. The number of amides is 2. The third-order valence-electron chi connectivity index (χ3n) is 3.62. The number of carbonyl (C=O) groups excluding carboxylic acids is 2. The molecule has 1 aromatic rings. The molecule has 0 aliphatic carbocycles. The predicted molar refractivity (Wildman–Crippen MR) is 86.4 cm³/mol. The molecular formula is C15H17F3N2O4S. The third kappa shape index (κ3) is 5.82. The van der Waals surface area contributed by atoms with Crippen molar-refractivity contribution in [3.8, 4) is 5.75 Å². The second kappa shape index (κ2) is 7.96. The molecule has 0 bridgehead atoms. The molecule has 2 amide bonds. The third-order valence-corrected chi connectivity index (χ3v) is 4.85. The molecule has 1 fully saturated rings. The van der Waals surface area contributed by atoms with Crippen LogP contribution in [-0.2, 0) is 14.3 Å². The molecule has 0 radical (unpaired) electrons. The molecule has 25 heavy (non-hydrogen) atoms. The van der Waals surface area contributed by atoms with E-state index < -0.39 is 29.5 Å². The minimum atomic E-state index is -4.79. The van der Waals surface area contributed by atoms with Crippen molar-refractivity contribution in [3.05, 3.63) is 24.3 Å². The Hall–Kier alpha value is -1.94. The van der Waals surface area contributed by atoms with E-state index in [4.69, 9.17) is 4.74 Å². The van der Waals surface area contributed by atoms with Crippen LogP contribution in [0.2, 0.25) is 0 Å². The van der Waals surface area contributed by atoms with E-state index in [0.29, 0.717) is 0 Å². The summed E-state index contributed by atoms with van der Waals surface area (Å²) in [5.74, 6) is -0.532. The first-order chi connectivity index (χ1) is 11.7. The Labute approximate surface area is 146 Å². The molecule has 138 valence electrons. The van der Waals surface area contributed by atoms with Crippen molar-refractivity contribution >= 4 is 29.3 Å². The van der Waals surface area contributed by atoms with E-state index in [-0.39, 0.29) is 12.2 Å². The first kappa shape index (κ1) is 19.4. The Morgan fingerprint density at radius 2 is 1.92 bits per heavy atom. The normalized spacial score (nSPS) is 20.2. The largest absolute Gasteiger partial charge is 0.573 e. The van der Waals surface area contributed by atoms with Crippen molar-refractivity contribution < 1.29 is 32.2 Å². The molecule has 0 saturated carbocycles. The van der Waals surface area contributed by atoms with E-state index in [1.54, 1.807) is 18.9 Å². The number of hydrogen-bond acceptors (Lipinski definition) is 5. The molecule has 2 N–H and O–H groups in total. The fraction of sp³-hybridized carbons (Fsp3) is 0.467. The Bertz CT molecular complexity index is 616. The van der Waals surface area contributed by atoms with Gasteiger partial charge >= 0.3 is 18.2 Å². The van der Waals surface area contributed by atoms with Crippen molar-refractivity contribution in [3.63, 3.8) is 0 Å². The highest BCUT2D eigenvalue weighted by atomic mass is 32.2. The second-order valence-electron chi connectivity index (χ2n) is 5.40. The topological polar surface area (TPSA) is 76.7 Å². The highest BCUT2D eigenvalue weighted by Crippen LogP contribution is 2.30. The van der Waals surface area contributed by atoms with Crippen molar-refractivity contribution in [1.82, 2.24) is 5.32 Å². The fourth-order valence-corrected chi connectivity index (χ4v) is 3.61. The van der Waals surface area contributed by atoms with Crippen molar-refractivity contribution in [2.75, 3.05) is 30.5 Å². The molecule has 1 heterocycles. The SMILES string of the molecule is CO[C@@]1(CNC(=O)C(=O)Nc2ccc(OC(F)(F)F)cc2)CCSC1. The van der Waals surface area contributed by atoms with E-state index in [0.717, 1.165) is 30.1 Å². The van der Waals surface area contributed by atoms with Crippen LogP contribution < -0.4 is 15.4 Å². The highest BCUT2D eigenvalue weighted by molar-refractivity contribution is 7.99. The Kier molecular flexibility index (Phi) is 6.17. The van der Waals surface area contributed by atoms with Crippen LogP contribution in [0.1, 0.15) is 6.42 Å². The van der Waals surface area contributed by atoms with E-state index in [1.807, 2.05) is 0 Å². The number of benzene rings is 1. The summed E-state index contributed by atoms with van der Waals surface area (Å²) >= 11 is 1.70. The van der Waals surface area contributed by atoms with Crippen LogP contribution in [-0.4, -0.2) is 48.9 Å². The Balaban J connectivity index is 1.85. The van der Waals surface area contributed by atoms with Crippen LogP contribution in [0.4, 0.5) is 18.9 Å². The van der Waals surface area contributed by atoms with Crippen molar-refractivity contribution in [2.45, 2.75) is 18.4 Å². The maximum Gasteiger partial charge on any atom is 0.573 e. The van der Waals surface area contributed by atoms with Gasteiger partial charge in [0.2, 0.25) is 0 Å². The molecule has 2 rings (SSSR count). The minimum absolute atomic E-state index is 0.174. The molecule has 1 aliphatic rings. The lowest BCUT2D eigenvalue weighted by Gasteiger charge is -2.26. The van der Waals surface area contributed by atoms with Gasteiger partial charge in [0.15, 0.2) is 0 Å². The first-order valence-corrected chi connectivity index (χ1v) is 8.46. The molecule has 1 saturated heterocycles. The van der Waals surface area contributed by atoms with E-state index in [9.17, 15) is 22.8 Å². The quantitative estimate of drug-likeness (QED) is 0.768. The number of rotatable bonds is 5. The molecular weight excluding hydrogens is 361 g/mol. The zero-order valence-electron chi connectivity index (χ0n) is 13.3. The fourth-order valence-electron chi connectivity index (χ4n) is 2.21. The maximum atomic E-state index is 12.1. The van der Waals surface area contributed by atoms with Crippen LogP contribution in [0.15, 0.2) is 24.3 Å². The van der Waals surface area contributed by atoms with Crippen molar-refractivity contribution in [2.24, 2.45) is 0 Å². The predicted octanol–water partition coefficient (Wildman–Crippen LogP) is 2.16. The summed E-state index contributed by atoms with van der Waals surface area (Å²) in [5, 5.41) is 4.82. The average molecular weight is 378 g/mol. The van der Waals surface area contributed by atoms with Crippen LogP contribution in [0.5, 0.6) is 5.75 Å². The van der Waals surface area contributed by atoms with Gasteiger partial charge in [0, 0.05) is 25.1 Å². The molecule has 0 aromatic heterocycles. The number of carbonyl (C=O) groups is 2. The summed E-state index contributed by atoms with van der Waals surface area (Å²) in [5.41, 5.74) is -0.301. The summed E-state index contributed by atoms with van der Waals surface area (Å²) in [7, 11) is 1.56. The van der Waals surface area contributed by atoms with E-state index in [2.05, 4.69) is 15.4 Å². The van der Waals surface area contributed by atoms with Crippen LogP contribution in [0.25, 0.3) is 0 Å². The molecule has 10 heteroatoms. The average Bonchev–Trinajstić information content (AvgIpc) is 3.02. The highest BCUT2D eigenvalue weighted by Gasteiger charge is 2.35. The van der Waals surface area contributed by atoms with Gasteiger partial charge in [-0.2, -0.15) is 11.8 Å². The lowest BCUT2D eigenvalue weighted by molar-refractivity contribution is -0.274. The van der Waals surface area contributed by atoms with Gasteiger partial charge < -0.3 is 20.1 Å². The van der Waals surface area contributed by atoms with Crippen molar-refractivity contribution in [1.29, 1.82) is 0 Å². The number of hydrogen-bond donors (Lipinski definition) is 2. The van der Waals surface area contributed by atoms with E-state index >= 15 is 0 Å². The number of thioether (sulfide) groups is 1. The van der Waals surface area contributed by atoms with Gasteiger partial charge in [0.25, 0.3) is 0 Å². The molecule has 6 nitrogen and oxygen atoms in total. The van der Waals surface area contributed by atoms with Crippen LogP contribution in [0.3, 0.4) is 0 Å². The smallest absolute Gasteiger partial charge is 0.406 e. The number of methoxy groups -OCH3 is 1. The summed E-state index contributed by atoms with van der Waals surface area (Å²) < 4.78 is 45.4. The second-order valence-corrected chi connectivity index (χ2v) is 6.50. The molecule has 0 unspecified atom stereocenters. The zero-order valence-corrected chi connectivity index (χ0v) is 14.1. The zero-order chi connectivity index (χ0) is 18.5. The molecule has 1 aliphatic heterocycles. The number of alkyl halides is 3. The monoisotopic (exact) mass is 378 g/mol. The van der Waals surface area contributed by atoms with Crippen LogP contribution in [0, 0.1) is 0 Å².